The second kappa shape index (κ2) is 6.56. The summed E-state index contributed by atoms with van der Waals surface area (Å²) in [6.45, 7) is 0.488. The van der Waals surface area contributed by atoms with Crippen molar-refractivity contribution in [2.45, 2.75) is 6.54 Å². The molecule has 2 rings (SSSR count). The standard InChI is InChI=1S/C15H16N2O2/c1-19-14-9-7-12(8-10-14)11-16-15(17-18)13-5-3-2-4-6-13/h2-10,18H,11H2,1H3,(H,16,17). The highest BCUT2D eigenvalue weighted by Gasteiger charge is 2.00. The molecule has 0 aromatic heterocycles. The first kappa shape index (κ1) is 13.1. The van der Waals surface area contributed by atoms with Gasteiger partial charge in [-0.15, -0.1) is 0 Å². The Morgan fingerprint density at radius 3 is 2.37 bits per heavy atom. The molecule has 4 nitrogen and oxygen atoms in total. The first-order valence-corrected chi connectivity index (χ1v) is 5.96. The lowest BCUT2D eigenvalue weighted by Gasteiger charge is -2.05. The number of nitrogens with one attached hydrogen (secondary N) is 1. The van der Waals surface area contributed by atoms with Crippen LogP contribution in [0.4, 0.5) is 0 Å². The molecule has 0 aliphatic carbocycles. The summed E-state index contributed by atoms with van der Waals surface area (Å²) in [6, 6.07) is 17.2. The van der Waals surface area contributed by atoms with Gasteiger partial charge in [0.1, 0.15) is 5.75 Å². The number of hydroxylamine groups is 1. The average molecular weight is 256 g/mol. The molecule has 0 atom stereocenters. The maximum Gasteiger partial charge on any atom is 0.152 e. The zero-order valence-corrected chi connectivity index (χ0v) is 10.7. The van der Waals surface area contributed by atoms with E-state index in [1.807, 2.05) is 54.6 Å². The number of rotatable bonds is 4. The molecular weight excluding hydrogens is 240 g/mol. The lowest BCUT2D eigenvalue weighted by Crippen LogP contribution is -2.20. The zero-order valence-electron chi connectivity index (χ0n) is 10.7. The van der Waals surface area contributed by atoms with E-state index in [1.165, 1.54) is 0 Å². The van der Waals surface area contributed by atoms with E-state index >= 15 is 0 Å². The molecule has 4 heteroatoms. The average Bonchev–Trinajstić information content (AvgIpc) is 2.49. The summed E-state index contributed by atoms with van der Waals surface area (Å²) in [4.78, 5) is 4.35. The smallest absolute Gasteiger partial charge is 0.152 e. The Kier molecular flexibility index (Phi) is 4.53. The Bertz CT molecular complexity index is 536. The largest absolute Gasteiger partial charge is 0.497 e. The molecule has 0 bridgehead atoms. The van der Waals surface area contributed by atoms with E-state index in [-0.39, 0.29) is 0 Å². The summed E-state index contributed by atoms with van der Waals surface area (Å²) in [5.41, 5.74) is 4.03. The van der Waals surface area contributed by atoms with Crippen molar-refractivity contribution >= 4 is 5.84 Å². The molecule has 98 valence electrons. The van der Waals surface area contributed by atoms with Crippen molar-refractivity contribution in [2.75, 3.05) is 7.11 Å². The SMILES string of the molecule is COc1ccc(CN=C(NO)c2ccccc2)cc1. The second-order valence-corrected chi connectivity index (χ2v) is 3.99. The summed E-state index contributed by atoms with van der Waals surface area (Å²) in [5.74, 6) is 1.27. The van der Waals surface area contributed by atoms with Crippen LogP contribution in [0.3, 0.4) is 0 Å². The van der Waals surface area contributed by atoms with Crippen LogP contribution in [0.2, 0.25) is 0 Å². The Morgan fingerprint density at radius 1 is 1.11 bits per heavy atom. The zero-order chi connectivity index (χ0) is 13.5. The minimum atomic E-state index is 0.455. The first-order valence-electron chi connectivity index (χ1n) is 5.96. The lowest BCUT2D eigenvalue weighted by atomic mass is 10.2. The number of benzene rings is 2. The molecule has 0 aliphatic rings. The molecule has 0 spiro atoms. The summed E-state index contributed by atoms with van der Waals surface area (Å²) >= 11 is 0. The molecule has 0 saturated heterocycles. The van der Waals surface area contributed by atoms with E-state index in [0.29, 0.717) is 12.4 Å². The molecule has 0 saturated carbocycles. The van der Waals surface area contributed by atoms with Crippen molar-refractivity contribution in [2.24, 2.45) is 4.99 Å². The van der Waals surface area contributed by atoms with Crippen LogP contribution in [0.15, 0.2) is 59.6 Å². The molecule has 2 N–H and O–H groups in total. The van der Waals surface area contributed by atoms with E-state index < -0.39 is 0 Å². The number of hydrogen-bond donors (Lipinski definition) is 2. The third kappa shape index (κ3) is 3.56. The van der Waals surface area contributed by atoms with Gasteiger partial charge in [0.05, 0.1) is 13.7 Å². The van der Waals surface area contributed by atoms with Gasteiger partial charge >= 0.3 is 0 Å². The van der Waals surface area contributed by atoms with E-state index in [1.54, 1.807) is 7.11 Å². The number of hydrogen-bond acceptors (Lipinski definition) is 3. The molecule has 0 aliphatic heterocycles. The van der Waals surface area contributed by atoms with Crippen LogP contribution in [0.5, 0.6) is 5.75 Å². The summed E-state index contributed by atoms with van der Waals surface area (Å²) in [5, 5.41) is 9.14. The van der Waals surface area contributed by atoms with Crippen LogP contribution < -0.4 is 10.2 Å². The van der Waals surface area contributed by atoms with Crippen LogP contribution in [0.25, 0.3) is 0 Å². The van der Waals surface area contributed by atoms with Crippen LogP contribution in [-0.4, -0.2) is 18.2 Å². The Morgan fingerprint density at radius 2 is 1.79 bits per heavy atom. The van der Waals surface area contributed by atoms with E-state index in [4.69, 9.17) is 9.94 Å². The van der Waals surface area contributed by atoms with Crippen LogP contribution in [0, 0.1) is 0 Å². The Hall–Kier alpha value is -2.33. The second-order valence-electron chi connectivity index (χ2n) is 3.99. The lowest BCUT2D eigenvalue weighted by molar-refractivity contribution is 0.234. The molecule has 0 unspecified atom stereocenters. The van der Waals surface area contributed by atoms with Gasteiger partial charge in [-0.05, 0) is 17.7 Å². The first-order chi connectivity index (χ1) is 9.33. The van der Waals surface area contributed by atoms with Crippen molar-refractivity contribution in [1.29, 1.82) is 0 Å². The maximum absolute atomic E-state index is 9.14. The van der Waals surface area contributed by atoms with Crippen molar-refractivity contribution in [3.05, 3.63) is 65.7 Å². The minimum Gasteiger partial charge on any atom is -0.497 e. The molecule has 0 radical (unpaired) electrons. The van der Waals surface area contributed by atoms with Crippen molar-refractivity contribution < 1.29 is 9.94 Å². The molecular formula is C15H16N2O2. The van der Waals surface area contributed by atoms with Gasteiger partial charge in [0.15, 0.2) is 5.84 Å². The van der Waals surface area contributed by atoms with Gasteiger partial charge in [0.2, 0.25) is 0 Å². The molecule has 0 fully saturated rings. The van der Waals surface area contributed by atoms with Gasteiger partial charge in [-0.25, -0.2) is 0 Å². The quantitative estimate of drug-likeness (QED) is 0.502. The van der Waals surface area contributed by atoms with Crippen LogP contribution in [0.1, 0.15) is 11.1 Å². The maximum atomic E-state index is 9.14. The Balaban J connectivity index is 2.11. The van der Waals surface area contributed by atoms with Crippen molar-refractivity contribution in [1.82, 2.24) is 5.48 Å². The van der Waals surface area contributed by atoms with Crippen LogP contribution >= 0.6 is 0 Å². The van der Waals surface area contributed by atoms with E-state index in [0.717, 1.165) is 16.9 Å². The van der Waals surface area contributed by atoms with E-state index in [9.17, 15) is 0 Å². The molecule has 2 aromatic rings. The highest BCUT2D eigenvalue weighted by molar-refractivity contribution is 5.97. The fourth-order valence-corrected chi connectivity index (χ4v) is 1.69. The predicted octanol–water partition coefficient (Wildman–Crippen LogP) is 2.62. The summed E-state index contributed by atoms with van der Waals surface area (Å²) in [6.07, 6.45) is 0. The Labute approximate surface area is 112 Å². The van der Waals surface area contributed by atoms with Gasteiger partial charge < -0.3 is 4.74 Å². The van der Waals surface area contributed by atoms with Crippen molar-refractivity contribution in [3.8, 4) is 5.75 Å². The highest BCUT2D eigenvalue weighted by Crippen LogP contribution is 2.12. The minimum absolute atomic E-state index is 0.455. The molecule has 19 heavy (non-hydrogen) atoms. The third-order valence-corrected chi connectivity index (χ3v) is 2.73. The highest BCUT2D eigenvalue weighted by atomic mass is 16.5. The number of aliphatic imine (C=N–C) groups is 1. The topological polar surface area (TPSA) is 53.8 Å². The van der Waals surface area contributed by atoms with Crippen LogP contribution in [-0.2, 0) is 6.54 Å². The van der Waals surface area contributed by atoms with E-state index in [2.05, 4.69) is 10.5 Å². The van der Waals surface area contributed by atoms with Gasteiger partial charge in [0.25, 0.3) is 0 Å². The number of amidine groups is 1. The van der Waals surface area contributed by atoms with Gasteiger partial charge in [-0.2, -0.15) is 0 Å². The monoisotopic (exact) mass is 256 g/mol. The third-order valence-electron chi connectivity index (χ3n) is 2.73. The fraction of sp³-hybridized carbons (Fsp3) is 0.133. The predicted molar refractivity (Wildman–Crippen MR) is 74.6 cm³/mol. The number of ether oxygens (including phenoxy) is 1. The normalized spacial score (nSPS) is 11.2. The van der Waals surface area contributed by atoms with Crippen molar-refractivity contribution in [3.63, 3.8) is 0 Å². The van der Waals surface area contributed by atoms with Gasteiger partial charge in [0, 0.05) is 5.56 Å². The summed E-state index contributed by atoms with van der Waals surface area (Å²) in [7, 11) is 1.64. The van der Waals surface area contributed by atoms with Gasteiger partial charge in [-0.1, -0.05) is 42.5 Å². The summed E-state index contributed by atoms with van der Waals surface area (Å²) < 4.78 is 5.10. The number of nitrogens with zero attached hydrogens (tertiary/aromatic N) is 1. The van der Waals surface area contributed by atoms with Gasteiger partial charge in [-0.3, -0.25) is 15.7 Å². The molecule has 2 aromatic carbocycles. The molecule has 0 amide bonds. The number of methoxy groups -OCH3 is 1. The molecule has 0 heterocycles. The fourth-order valence-electron chi connectivity index (χ4n) is 1.69.